The highest BCUT2D eigenvalue weighted by atomic mass is 15.1. The van der Waals surface area contributed by atoms with Gasteiger partial charge >= 0.3 is 0 Å². The molecule has 3 heteroatoms. The lowest BCUT2D eigenvalue weighted by atomic mass is 9.89. The van der Waals surface area contributed by atoms with Crippen LogP contribution in [-0.2, 0) is 12.8 Å². The standard InChI is InChI=1S/C8H9N3/c9-4-6-1-2-7-5-10-11-8(7)3-6/h5-6H,1-3H2,(H,10,11). The predicted octanol–water partition coefficient (Wildman–Crippen LogP) is 1.04. The van der Waals surface area contributed by atoms with E-state index in [0.29, 0.717) is 0 Å². The molecule has 0 aromatic carbocycles. The lowest BCUT2D eigenvalue weighted by molar-refractivity contribution is 0.557. The molecular formula is C8H9N3. The molecule has 1 aromatic rings. The number of nitriles is 1. The summed E-state index contributed by atoms with van der Waals surface area (Å²) in [7, 11) is 0. The van der Waals surface area contributed by atoms with E-state index in [4.69, 9.17) is 5.26 Å². The average molecular weight is 147 g/mol. The van der Waals surface area contributed by atoms with Crippen molar-refractivity contribution in [1.29, 1.82) is 5.26 Å². The number of hydrogen-bond donors (Lipinski definition) is 1. The van der Waals surface area contributed by atoms with Crippen LogP contribution in [-0.4, -0.2) is 10.2 Å². The molecule has 3 nitrogen and oxygen atoms in total. The van der Waals surface area contributed by atoms with Crippen LogP contribution >= 0.6 is 0 Å². The highest BCUT2D eigenvalue weighted by Crippen LogP contribution is 2.22. The number of aromatic nitrogens is 2. The summed E-state index contributed by atoms with van der Waals surface area (Å²) in [6, 6.07) is 2.29. The van der Waals surface area contributed by atoms with Crippen LogP contribution < -0.4 is 0 Å². The lowest BCUT2D eigenvalue weighted by Gasteiger charge is -2.14. The summed E-state index contributed by atoms with van der Waals surface area (Å²) >= 11 is 0. The molecule has 0 saturated carbocycles. The van der Waals surface area contributed by atoms with Crippen LogP contribution in [0.15, 0.2) is 6.20 Å². The molecule has 1 aliphatic carbocycles. The van der Waals surface area contributed by atoms with E-state index in [2.05, 4.69) is 16.3 Å². The fourth-order valence-electron chi connectivity index (χ4n) is 1.52. The Bertz CT molecular complexity index is 295. The fourth-order valence-corrected chi connectivity index (χ4v) is 1.52. The van der Waals surface area contributed by atoms with E-state index < -0.39 is 0 Å². The molecule has 1 aromatic heterocycles. The number of aromatic amines is 1. The predicted molar refractivity (Wildman–Crippen MR) is 39.7 cm³/mol. The SMILES string of the molecule is N#CC1CCc2cn[nH]c2C1. The van der Waals surface area contributed by atoms with Gasteiger partial charge in [0.1, 0.15) is 0 Å². The van der Waals surface area contributed by atoms with E-state index in [-0.39, 0.29) is 5.92 Å². The Hall–Kier alpha value is -1.30. The molecule has 0 amide bonds. The van der Waals surface area contributed by atoms with Crippen molar-refractivity contribution in [2.75, 3.05) is 0 Å². The topological polar surface area (TPSA) is 52.5 Å². The Morgan fingerprint density at radius 3 is 3.45 bits per heavy atom. The highest BCUT2D eigenvalue weighted by molar-refractivity contribution is 5.21. The van der Waals surface area contributed by atoms with Gasteiger partial charge in [-0.1, -0.05) is 0 Å². The van der Waals surface area contributed by atoms with Crippen molar-refractivity contribution in [3.8, 4) is 6.07 Å². The summed E-state index contributed by atoms with van der Waals surface area (Å²) in [4.78, 5) is 0. The van der Waals surface area contributed by atoms with Gasteiger partial charge in [-0.3, -0.25) is 5.10 Å². The molecule has 1 aliphatic rings. The van der Waals surface area contributed by atoms with E-state index >= 15 is 0 Å². The van der Waals surface area contributed by atoms with Crippen molar-refractivity contribution < 1.29 is 0 Å². The lowest BCUT2D eigenvalue weighted by Crippen LogP contribution is -2.11. The number of nitrogens with one attached hydrogen (secondary N) is 1. The number of H-pyrrole nitrogens is 1. The summed E-state index contributed by atoms with van der Waals surface area (Å²) < 4.78 is 0. The van der Waals surface area contributed by atoms with Gasteiger partial charge in [0.05, 0.1) is 18.2 Å². The maximum atomic E-state index is 8.67. The Morgan fingerprint density at radius 2 is 2.64 bits per heavy atom. The smallest absolute Gasteiger partial charge is 0.0659 e. The molecule has 2 rings (SSSR count). The van der Waals surface area contributed by atoms with Crippen LogP contribution in [0.2, 0.25) is 0 Å². The van der Waals surface area contributed by atoms with Gasteiger partial charge in [-0.2, -0.15) is 10.4 Å². The molecule has 0 bridgehead atoms. The first-order chi connectivity index (χ1) is 5.40. The summed E-state index contributed by atoms with van der Waals surface area (Å²) in [5, 5.41) is 15.5. The van der Waals surface area contributed by atoms with Crippen LogP contribution in [0.4, 0.5) is 0 Å². The van der Waals surface area contributed by atoms with E-state index in [9.17, 15) is 0 Å². The van der Waals surface area contributed by atoms with E-state index in [1.54, 1.807) is 0 Å². The van der Waals surface area contributed by atoms with Crippen molar-refractivity contribution in [2.24, 2.45) is 5.92 Å². The van der Waals surface area contributed by atoms with Gasteiger partial charge in [-0.25, -0.2) is 0 Å². The van der Waals surface area contributed by atoms with Gasteiger partial charge in [0.2, 0.25) is 0 Å². The summed E-state index contributed by atoms with van der Waals surface area (Å²) in [5.74, 6) is 0.197. The summed E-state index contributed by atoms with van der Waals surface area (Å²) in [5.41, 5.74) is 2.44. The molecule has 1 atom stereocenters. The molecule has 0 spiro atoms. The molecule has 1 unspecified atom stereocenters. The minimum Gasteiger partial charge on any atom is -0.282 e. The average Bonchev–Trinajstić information content (AvgIpc) is 2.50. The molecule has 56 valence electrons. The van der Waals surface area contributed by atoms with Crippen LogP contribution in [0.25, 0.3) is 0 Å². The zero-order valence-corrected chi connectivity index (χ0v) is 6.17. The number of fused-ring (bicyclic) bond motifs is 1. The monoisotopic (exact) mass is 147 g/mol. The minimum absolute atomic E-state index is 0.197. The maximum Gasteiger partial charge on any atom is 0.0659 e. The largest absolute Gasteiger partial charge is 0.282 e. The summed E-state index contributed by atoms with van der Waals surface area (Å²) in [6.07, 6.45) is 4.71. The quantitative estimate of drug-likeness (QED) is 0.596. The van der Waals surface area contributed by atoms with Crippen LogP contribution in [0.1, 0.15) is 17.7 Å². The van der Waals surface area contributed by atoms with E-state index in [1.165, 1.54) is 5.56 Å². The summed E-state index contributed by atoms with van der Waals surface area (Å²) in [6.45, 7) is 0. The first-order valence-electron chi connectivity index (χ1n) is 3.81. The molecule has 0 radical (unpaired) electrons. The van der Waals surface area contributed by atoms with Gasteiger partial charge in [0.25, 0.3) is 0 Å². The van der Waals surface area contributed by atoms with Gasteiger partial charge in [-0.05, 0) is 18.4 Å². The van der Waals surface area contributed by atoms with Crippen molar-refractivity contribution in [1.82, 2.24) is 10.2 Å². The van der Waals surface area contributed by atoms with Crippen LogP contribution in [0.5, 0.6) is 0 Å². The molecule has 0 saturated heterocycles. The Balaban J connectivity index is 2.26. The van der Waals surface area contributed by atoms with Crippen molar-refractivity contribution in [3.63, 3.8) is 0 Å². The maximum absolute atomic E-state index is 8.67. The zero-order valence-electron chi connectivity index (χ0n) is 6.17. The first kappa shape index (κ1) is 6.41. The molecule has 1 N–H and O–H groups in total. The second kappa shape index (κ2) is 2.39. The van der Waals surface area contributed by atoms with Gasteiger partial charge in [-0.15, -0.1) is 0 Å². The Kier molecular flexibility index (Phi) is 1.39. The third-order valence-electron chi connectivity index (χ3n) is 2.20. The molecule has 11 heavy (non-hydrogen) atoms. The van der Waals surface area contributed by atoms with Crippen LogP contribution in [0, 0.1) is 17.2 Å². The van der Waals surface area contributed by atoms with E-state index in [0.717, 1.165) is 25.0 Å². The molecular weight excluding hydrogens is 138 g/mol. The van der Waals surface area contributed by atoms with Gasteiger partial charge < -0.3 is 0 Å². The third-order valence-corrected chi connectivity index (χ3v) is 2.20. The highest BCUT2D eigenvalue weighted by Gasteiger charge is 2.18. The van der Waals surface area contributed by atoms with Crippen molar-refractivity contribution in [3.05, 3.63) is 17.5 Å². The Labute approximate surface area is 65.0 Å². The number of aryl methyl sites for hydroxylation is 1. The van der Waals surface area contributed by atoms with Gasteiger partial charge in [0.15, 0.2) is 0 Å². The second-order valence-corrected chi connectivity index (χ2v) is 2.94. The van der Waals surface area contributed by atoms with Crippen LogP contribution in [0.3, 0.4) is 0 Å². The molecule has 0 fully saturated rings. The fraction of sp³-hybridized carbons (Fsp3) is 0.500. The second-order valence-electron chi connectivity index (χ2n) is 2.94. The number of rotatable bonds is 0. The minimum atomic E-state index is 0.197. The third kappa shape index (κ3) is 1.01. The normalized spacial score (nSPS) is 22.3. The van der Waals surface area contributed by atoms with Crippen molar-refractivity contribution in [2.45, 2.75) is 19.3 Å². The molecule has 0 aliphatic heterocycles. The van der Waals surface area contributed by atoms with Crippen molar-refractivity contribution >= 4 is 0 Å². The zero-order chi connectivity index (χ0) is 7.68. The Morgan fingerprint density at radius 1 is 1.73 bits per heavy atom. The number of nitrogens with zero attached hydrogens (tertiary/aromatic N) is 2. The first-order valence-corrected chi connectivity index (χ1v) is 3.81. The van der Waals surface area contributed by atoms with E-state index in [1.807, 2.05) is 6.20 Å². The van der Waals surface area contributed by atoms with Gasteiger partial charge in [0, 0.05) is 12.1 Å². The number of hydrogen-bond acceptors (Lipinski definition) is 2. The molecule has 1 heterocycles.